The van der Waals surface area contributed by atoms with Gasteiger partial charge in [-0.2, -0.15) is 0 Å². The predicted molar refractivity (Wildman–Crippen MR) is 67.4 cm³/mol. The lowest BCUT2D eigenvalue weighted by atomic mass is 9.93. The Balaban J connectivity index is 2.54. The van der Waals surface area contributed by atoms with Crippen molar-refractivity contribution in [1.29, 1.82) is 0 Å². The third-order valence-corrected chi connectivity index (χ3v) is 4.06. The molecule has 1 saturated heterocycles. The number of nitrogens with zero attached hydrogens (tertiary/aromatic N) is 1. The van der Waals surface area contributed by atoms with Crippen molar-refractivity contribution in [1.82, 2.24) is 9.55 Å². The summed E-state index contributed by atoms with van der Waals surface area (Å²) in [7, 11) is 0. The summed E-state index contributed by atoms with van der Waals surface area (Å²) >= 11 is 5.41. The van der Waals surface area contributed by atoms with E-state index in [1.54, 1.807) is 0 Å². The highest BCUT2D eigenvalue weighted by Crippen LogP contribution is 2.35. The second kappa shape index (κ2) is 4.00. The first kappa shape index (κ1) is 11.9. The van der Waals surface area contributed by atoms with Crippen molar-refractivity contribution >= 4 is 12.2 Å². The van der Waals surface area contributed by atoms with E-state index in [0.717, 1.165) is 17.8 Å². The summed E-state index contributed by atoms with van der Waals surface area (Å²) in [6.07, 6.45) is 3.27. The zero-order chi connectivity index (χ0) is 11.9. The minimum atomic E-state index is -0.00329. The van der Waals surface area contributed by atoms with Gasteiger partial charge in [-0.15, -0.1) is 0 Å². The van der Waals surface area contributed by atoms with E-state index in [2.05, 4.69) is 37.2 Å². The van der Waals surface area contributed by atoms with E-state index in [-0.39, 0.29) is 11.6 Å². The summed E-state index contributed by atoms with van der Waals surface area (Å²) in [5.41, 5.74) is 1.27. The van der Waals surface area contributed by atoms with Crippen LogP contribution in [0.2, 0.25) is 0 Å². The van der Waals surface area contributed by atoms with Crippen molar-refractivity contribution in [2.24, 2.45) is 0 Å². The number of hydrogen-bond acceptors (Lipinski definition) is 2. The number of ether oxygens (including phenoxy) is 1. The van der Waals surface area contributed by atoms with Crippen molar-refractivity contribution in [2.75, 3.05) is 6.61 Å². The van der Waals surface area contributed by atoms with E-state index in [1.165, 1.54) is 5.69 Å². The van der Waals surface area contributed by atoms with Crippen LogP contribution in [-0.4, -0.2) is 22.3 Å². The van der Waals surface area contributed by atoms with Crippen LogP contribution in [0.5, 0.6) is 0 Å². The normalized spacial score (nSPS) is 30.2. The minimum absolute atomic E-state index is 0.00329. The lowest BCUT2D eigenvalue weighted by molar-refractivity contribution is 0.0740. The predicted octanol–water partition coefficient (Wildman–Crippen LogP) is 3.19. The van der Waals surface area contributed by atoms with Gasteiger partial charge in [0, 0.05) is 18.5 Å². The van der Waals surface area contributed by atoms with Gasteiger partial charge in [-0.1, -0.05) is 13.8 Å². The Bertz CT molecular complexity index is 434. The van der Waals surface area contributed by atoms with Crippen molar-refractivity contribution in [3.8, 4) is 0 Å². The Kier molecular flexibility index (Phi) is 2.97. The molecule has 1 aliphatic heterocycles. The maximum Gasteiger partial charge on any atom is 0.177 e. The quantitative estimate of drug-likeness (QED) is 0.805. The summed E-state index contributed by atoms with van der Waals surface area (Å²) in [5.74, 6) is 0.470. The van der Waals surface area contributed by atoms with Gasteiger partial charge in [-0.3, -0.25) is 0 Å². The van der Waals surface area contributed by atoms with E-state index in [0.29, 0.717) is 5.92 Å². The van der Waals surface area contributed by atoms with Gasteiger partial charge in [0.15, 0.2) is 4.77 Å². The van der Waals surface area contributed by atoms with Gasteiger partial charge in [0.2, 0.25) is 0 Å². The number of H-pyrrole nitrogens is 1. The van der Waals surface area contributed by atoms with Crippen LogP contribution in [-0.2, 0) is 10.3 Å². The molecule has 2 rings (SSSR count). The lowest BCUT2D eigenvalue weighted by Crippen LogP contribution is -2.38. The second-order valence-corrected chi connectivity index (χ2v) is 5.52. The molecular weight excluding hydrogens is 220 g/mol. The van der Waals surface area contributed by atoms with Crippen LogP contribution in [0.3, 0.4) is 0 Å². The van der Waals surface area contributed by atoms with Crippen LogP contribution in [0, 0.1) is 4.77 Å². The molecule has 0 spiro atoms. The molecule has 3 nitrogen and oxygen atoms in total. The average Bonchev–Trinajstić information content (AvgIpc) is 2.73. The minimum Gasteiger partial charge on any atom is -0.376 e. The number of imidazole rings is 1. The first-order valence-corrected chi connectivity index (χ1v) is 6.30. The molecule has 2 heterocycles. The fourth-order valence-electron chi connectivity index (χ4n) is 2.45. The van der Waals surface area contributed by atoms with Crippen LogP contribution in [0.1, 0.15) is 45.7 Å². The van der Waals surface area contributed by atoms with Crippen LogP contribution in [0.15, 0.2) is 6.20 Å². The Morgan fingerprint density at radius 3 is 2.81 bits per heavy atom. The summed E-state index contributed by atoms with van der Waals surface area (Å²) in [6, 6.07) is 0. The van der Waals surface area contributed by atoms with Crippen molar-refractivity contribution in [3.05, 3.63) is 16.7 Å². The second-order valence-electron chi connectivity index (χ2n) is 5.13. The largest absolute Gasteiger partial charge is 0.376 e. The van der Waals surface area contributed by atoms with E-state index in [9.17, 15) is 0 Å². The van der Waals surface area contributed by atoms with Gasteiger partial charge in [-0.05, 0) is 38.4 Å². The molecule has 90 valence electrons. The van der Waals surface area contributed by atoms with Gasteiger partial charge >= 0.3 is 0 Å². The van der Waals surface area contributed by atoms with E-state index in [1.807, 2.05) is 6.20 Å². The summed E-state index contributed by atoms with van der Waals surface area (Å²) in [4.78, 5) is 3.16. The molecule has 0 radical (unpaired) electrons. The van der Waals surface area contributed by atoms with Crippen molar-refractivity contribution in [3.63, 3.8) is 0 Å². The van der Waals surface area contributed by atoms with E-state index in [4.69, 9.17) is 17.0 Å². The molecule has 2 atom stereocenters. The van der Waals surface area contributed by atoms with E-state index < -0.39 is 0 Å². The fraction of sp³-hybridized carbons (Fsp3) is 0.750. The highest BCUT2D eigenvalue weighted by Gasteiger charge is 2.40. The van der Waals surface area contributed by atoms with Gasteiger partial charge in [0.05, 0.1) is 11.6 Å². The maximum atomic E-state index is 5.70. The van der Waals surface area contributed by atoms with Crippen molar-refractivity contribution in [2.45, 2.75) is 51.7 Å². The highest BCUT2D eigenvalue weighted by molar-refractivity contribution is 7.71. The molecule has 0 bridgehead atoms. The van der Waals surface area contributed by atoms with Gasteiger partial charge in [-0.25, -0.2) is 0 Å². The monoisotopic (exact) mass is 240 g/mol. The average molecular weight is 240 g/mol. The van der Waals surface area contributed by atoms with Gasteiger partial charge < -0.3 is 14.3 Å². The third kappa shape index (κ3) is 1.64. The van der Waals surface area contributed by atoms with Crippen molar-refractivity contribution < 1.29 is 4.74 Å². The lowest BCUT2D eigenvalue weighted by Gasteiger charge is -2.32. The van der Waals surface area contributed by atoms with Crippen LogP contribution in [0.25, 0.3) is 0 Å². The molecule has 0 amide bonds. The molecule has 0 aromatic carbocycles. The fourth-order valence-corrected chi connectivity index (χ4v) is 2.83. The molecule has 2 unspecified atom stereocenters. The number of aromatic nitrogens is 2. The molecule has 0 aliphatic carbocycles. The van der Waals surface area contributed by atoms with E-state index >= 15 is 0 Å². The summed E-state index contributed by atoms with van der Waals surface area (Å²) in [6.45, 7) is 9.57. The zero-order valence-corrected chi connectivity index (χ0v) is 11.2. The Labute approximate surface area is 102 Å². The third-order valence-electron chi connectivity index (χ3n) is 3.76. The number of hydrogen-bond donors (Lipinski definition) is 1. The van der Waals surface area contributed by atoms with Crippen LogP contribution >= 0.6 is 12.2 Å². The summed E-state index contributed by atoms with van der Waals surface area (Å²) < 4.78 is 8.76. The molecule has 1 fully saturated rings. The smallest absolute Gasteiger partial charge is 0.177 e. The van der Waals surface area contributed by atoms with Gasteiger partial charge in [0.25, 0.3) is 0 Å². The summed E-state index contributed by atoms with van der Waals surface area (Å²) in [5, 5.41) is 0. The number of rotatable bonds is 2. The molecular formula is C12H20N2OS. The van der Waals surface area contributed by atoms with Gasteiger partial charge in [0.1, 0.15) is 0 Å². The molecule has 4 heteroatoms. The Morgan fingerprint density at radius 1 is 1.62 bits per heavy atom. The van der Waals surface area contributed by atoms with Crippen LogP contribution < -0.4 is 0 Å². The molecule has 1 aromatic rings. The number of aromatic amines is 1. The first-order chi connectivity index (χ1) is 7.47. The molecule has 16 heavy (non-hydrogen) atoms. The molecule has 1 aliphatic rings. The Morgan fingerprint density at radius 2 is 2.31 bits per heavy atom. The first-order valence-electron chi connectivity index (χ1n) is 5.89. The molecule has 1 aromatic heterocycles. The molecule has 1 N–H and O–H groups in total. The maximum absolute atomic E-state index is 5.70. The number of nitrogens with one attached hydrogen (secondary N) is 1. The molecule has 0 saturated carbocycles. The Hall–Kier alpha value is -0.610. The zero-order valence-electron chi connectivity index (χ0n) is 10.4. The SMILES string of the molecule is CC(C)c1c[nH]c(=S)n1C1(C)CCOC1C. The highest BCUT2D eigenvalue weighted by atomic mass is 32.1. The topological polar surface area (TPSA) is 29.9 Å². The van der Waals surface area contributed by atoms with Crippen LogP contribution in [0.4, 0.5) is 0 Å². The standard InChI is InChI=1S/C12H20N2OS/c1-8(2)10-7-13-11(16)14(10)12(4)5-6-15-9(12)3/h7-9H,5-6H2,1-4H3,(H,13,16).